The van der Waals surface area contributed by atoms with Gasteiger partial charge in [0.05, 0.1) is 22.0 Å². The fraction of sp³-hybridized carbons (Fsp3) is 0.0909. The molecular formula is C22H18ClF2N3O2S. The first-order chi connectivity index (χ1) is 14.8. The van der Waals surface area contributed by atoms with Gasteiger partial charge in [-0.3, -0.25) is 4.79 Å². The summed E-state index contributed by atoms with van der Waals surface area (Å²) in [7, 11) is 0. The Bertz CT molecular complexity index is 1100. The Morgan fingerprint density at radius 2 is 1.71 bits per heavy atom. The number of benzene rings is 3. The van der Waals surface area contributed by atoms with Crippen LogP contribution in [0.2, 0.25) is 5.02 Å². The van der Waals surface area contributed by atoms with Gasteiger partial charge in [-0.25, -0.2) is 17.9 Å². The summed E-state index contributed by atoms with van der Waals surface area (Å²) in [6.07, 6.45) is 0.523. The third-order valence-corrected chi connectivity index (χ3v) is 5.08. The van der Waals surface area contributed by atoms with Crippen molar-refractivity contribution in [3.05, 3.63) is 94.5 Å². The van der Waals surface area contributed by atoms with E-state index in [2.05, 4.69) is 23.4 Å². The molecule has 0 saturated heterocycles. The maximum atomic E-state index is 13.8. The fourth-order valence-corrected chi connectivity index (χ4v) is 3.15. The molecule has 0 heterocycles. The first kappa shape index (κ1) is 22.6. The summed E-state index contributed by atoms with van der Waals surface area (Å²) >= 11 is 10.4. The van der Waals surface area contributed by atoms with Crippen LogP contribution in [-0.4, -0.2) is 18.5 Å². The highest BCUT2D eigenvalue weighted by molar-refractivity contribution is 7.82. The Labute approximate surface area is 188 Å². The summed E-state index contributed by atoms with van der Waals surface area (Å²) < 4.78 is 27.8. The molecule has 0 saturated carbocycles. The lowest BCUT2D eigenvalue weighted by atomic mass is 10.1. The Balaban J connectivity index is 1.59. The summed E-state index contributed by atoms with van der Waals surface area (Å²) in [5.74, 6) is -1.61. The molecule has 0 unspecified atom stereocenters. The van der Waals surface area contributed by atoms with E-state index in [1.54, 1.807) is 18.2 Å². The smallest absolute Gasteiger partial charge is 0.331 e. The zero-order valence-corrected chi connectivity index (χ0v) is 17.8. The summed E-state index contributed by atoms with van der Waals surface area (Å²) in [5.41, 5.74) is 1.40. The van der Waals surface area contributed by atoms with Gasteiger partial charge < -0.3 is 10.6 Å². The fourth-order valence-electron chi connectivity index (χ4n) is 2.73. The largest absolute Gasteiger partial charge is 0.337 e. The molecule has 5 nitrogen and oxygen atoms in total. The molecule has 0 atom stereocenters. The lowest BCUT2D eigenvalue weighted by Crippen LogP contribution is -2.35. The van der Waals surface area contributed by atoms with Crippen molar-refractivity contribution < 1.29 is 18.4 Å². The van der Waals surface area contributed by atoms with Crippen molar-refractivity contribution in [3.8, 4) is 0 Å². The highest BCUT2D eigenvalue weighted by atomic mass is 35.5. The van der Waals surface area contributed by atoms with Gasteiger partial charge in [0.25, 0.3) is 5.91 Å². The van der Waals surface area contributed by atoms with E-state index in [1.807, 2.05) is 0 Å². The van der Waals surface area contributed by atoms with Crippen LogP contribution in [0.3, 0.4) is 0 Å². The number of urea groups is 1. The number of anilines is 2. The van der Waals surface area contributed by atoms with Crippen molar-refractivity contribution in [3.63, 3.8) is 0 Å². The average molecular weight is 462 g/mol. The van der Waals surface area contributed by atoms with Crippen LogP contribution in [0.1, 0.15) is 15.9 Å². The van der Waals surface area contributed by atoms with Crippen molar-refractivity contribution in [1.29, 1.82) is 0 Å². The standard InChI is InChI=1S/C22H18ClF2N3O2S/c23-18-13-16(9-10-20(18)27-21(29)17-3-1-2-4-19(17)25)28(31)22(30)26-12-11-14-5-7-15(24)8-6-14/h1-10,13,31H,11-12H2,(H,26,30)(H,27,29). The third-order valence-electron chi connectivity index (χ3n) is 4.36. The van der Waals surface area contributed by atoms with Crippen LogP contribution in [0.25, 0.3) is 0 Å². The number of nitrogens with one attached hydrogen (secondary N) is 2. The van der Waals surface area contributed by atoms with Gasteiger partial charge in [0.1, 0.15) is 11.6 Å². The average Bonchev–Trinajstić information content (AvgIpc) is 2.76. The topological polar surface area (TPSA) is 61.4 Å². The van der Waals surface area contributed by atoms with Gasteiger partial charge in [-0.2, -0.15) is 0 Å². The molecule has 0 aromatic heterocycles. The molecule has 160 valence electrons. The molecule has 0 fully saturated rings. The number of amides is 3. The zero-order valence-electron chi connectivity index (χ0n) is 16.1. The van der Waals surface area contributed by atoms with Gasteiger partial charge in [-0.1, -0.05) is 48.7 Å². The third kappa shape index (κ3) is 5.96. The second-order valence-electron chi connectivity index (χ2n) is 6.52. The van der Waals surface area contributed by atoms with E-state index in [-0.39, 0.29) is 22.1 Å². The molecule has 0 aliphatic heterocycles. The predicted molar refractivity (Wildman–Crippen MR) is 121 cm³/mol. The molecule has 3 aromatic carbocycles. The van der Waals surface area contributed by atoms with Gasteiger partial charge in [0.15, 0.2) is 0 Å². The molecule has 0 aliphatic rings. The number of carbonyl (C=O) groups excluding carboxylic acids is 2. The first-order valence-electron chi connectivity index (χ1n) is 9.22. The van der Waals surface area contributed by atoms with E-state index in [0.29, 0.717) is 18.7 Å². The maximum Gasteiger partial charge on any atom is 0.331 e. The van der Waals surface area contributed by atoms with Crippen LogP contribution < -0.4 is 14.9 Å². The van der Waals surface area contributed by atoms with Gasteiger partial charge in [-0.05, 0) is 54.4 Å². The van der Waals surface area contributed by atoms with Gasteiger partial charge in [-0.15, -0.1) is 0 Å². The number of halogens is 3. The van der Waals surface area contributed by atoms with E-state index in [4.69, 9.17) is 11.6 Å². The van der Waals surface area contributed by atoms with Crippen LogP contribution in [0, 0.1) is 11.6 Å². The van der Waals surface area contributed by atoms with Crippen LogP contribution >= 0.6 is 24.4 Å². The molecule has 2 N–H and O–H groups in total. The number of carbonyl (C=O) groups is 2. The van der Waals surface area contributed by atoms with Crippen LogP contribution in [0.15, 0.2) is 66.7 Å². The quantitative estimate of drug-likeness (QED) is 0.426. The molecule has 3 rings (SSSR count). The summed E-state index contributed by atoms with van der Waals surface area (Å²) in [6.45, 7) is 0.325. The van der Waals surface area contributed by atoms with Crippen molar-refractivity contribution in [2.75, 3.05) is 16.2 Å². The number of hydrogen-bond donors (Lipinski definition) is 3. The minimum atomic E-state index is -0.647. The summed E-state index contributed by atoms with van der Waals surface area (Å²) in [5, 5.41) is 5.39. The molecule has 3 amide bonds. The summed E-state index contributed by atoms with van der Waals surface area (Å²) in [4.78, 5) is 24.6. The van der Waals surface area contributed by atoms with Crippen molar-refractivity contribution in [1.82, 2.24) is 5.32 Å². The monoisotopic (exact) mass is 461 g/mol. The highest BCUT2D eigenvalue weighted by Gasteiger charge is 2.16. The van der Waals surface area contributed by atoms with Crippen LogP contribution in [0.4, 0.5) is 25.0 Å². The SMILES string of the molecule is O=C(Nc1ccc(N(S)C(=O)NCCc2ccc(F)cc2)cc1Cl)c1ccccc1F. The Morgan fingerprint density at radius 3 is 2.39 bits per heavy atom. The number of rotatable bonds is 6. The Hall–Kier alpha value is -3.10. The minimum Gasteiger partial charge on any atom is -0.337 e. The molecule has 0 spiro atoms. The Kier molecular flexibility index (Phi) is 7.49. The van der Waals surface area contributed by atoms with Gasteiger partial charge in [0, 0.05) is 6.54 Å². The van der Waals surface area contributed by atoms with E-state index in [1.165, 1.54) is 48.5 Å². The highest BCUT2D eigenvalue weighted by Crippen LogP contribution is 2.29. The van der Waals surface area contributed by atoms with Crippen LogP contribution in [0.5, 0.6) is 0 Å². The van der Waals surface area contributed by atoms with E-state index < -0.39 is 17.8 Å². The normalized spacial score (nSPS) is 10.5. The Morgan fingerprint density at radius 1 is 1.00 bits per heavy atom. The van der Waals surface area contributed by atoms with Crippen molar-refractivity contribution in [2.45, 2.75) is 6.42 Å². The van der Waals surface area contributed by atoms with E-state index in [9.17, 15) is 18.4 Å². The van der Waals surface area contributed by atoms with Crippen molar-refractivity contribution in [2.24, 2.45) is 0 Å². The molecule has 0 aliphatic carbocycles. The number of thiol groups is 1. The van der Waals surface area contributed by atoms with E-state index in [0.717, 1.165) is 9.87 Å². The molecule has 9 heteroatoms. The lowest BCUT2D eigenvalue weighted by Gasteiger charge is -2.18. The second kappa shape index (κ2) is 10.3. The second-order valence-corrected chi connectivity index (χ2v) is 7.33. The van der Waals surface area contributed by atoms with Crippen LogP contribution in [-0.2, 0) is 6.42 Å². The zero-order chi connectivity index (χ0) is 22.4. The van der Waals surface area contributed by atoms with Gasteiger partial charge >= 0.3 is 6.03 Å². The first-order valence-corrected chi connectivity index (χ1v) is 9.99. The number of hydrogen-bond acceptors (Lipinski definition) is 3. The lowest BCUT2D eigenvalue weighted by molar-refractivity contribution is 0.102. The van der Waals surface area contributed by atoms with Crippen molar-refractivity contribution >= 4 is 47.7 Å². The molecule has 31 heavy (non-hydrogen) atoms. The molecular weight excluding hydrogens is 444 g/mol. The molecule has 0 bridgehead atoms. The molecule has 3 aromatic rings. The predicted octanol–water partition coefficient (Wildman–Crippen LogP) is 5.47. The minimum absolute atomic E-state index is 0.112. The van der Waals surface area contributed by atoms with Gasteiger partial charge in [0.2, 0.25) is 0 Å². The molecule has 0 radical (unpaired) electrons. The van der Waals surface area contributed by atoms with E-state index >= 15 is 0 Å². The maximum absolute atomic E-state index is 13.8. The number of nitrogens with zero attached hydrogens (tertiary/aromatic N) is 1. The summed E-state index contributed by atoms with van der Waals surface area (Å²) in [6, 6.07) is 15.6.